The Labute approximate surface area is 107 Å². The van der Waals surface area contributed by atoms with Crippen molar-refractivity contribution in [1.82, 2.24) is 0 Å². The minimum absolute atomic E-state index is 0.0828. The Morgan fingerprint density at radius 1 is 1.28 bits per heavy atom. The van der Waals surface area contributed by atoms with E-state index in [-0.39, 0.29) is 5.56 Å². The summed E-state index contributed by atoms with van der Waals surface area (Å²) in [5.74, 6) is -1.19. The molecule has 0 saturated heterocycles. The molecule has 1 aromatic rings. The molecule has 18 heavy (non-hydrogen) atoms. The van der Waals surface area contributed by atoms with Crippen molar-refractivity contribution in [2.45, 2.75) is 45.3 Å². The van der Waals surface area contributed by atoms with Gasteiger partial charge in [-0.15, -0.1) is 0 Å². The summed E-state index contributed by atoms with van der Waals surface area (Å²) in [6, 6.07) is 1.84. The fraction of sp³-hybridized carbons (Fsp3) is 0.571. The van der Waals surface area contributed by atoms with E-state index in [9.17, 15) is 8.78 Å². The Kier molecular flexibility index (Phi) is 4.82. The van der Waals surface area contributed by atoms with Crippen LogP contribution < -0.4 is 5.73 Å². The van der Waals surface area contributed by atoms with Gasteiger partial charge in [0.2, 0.25) is 0 Å². The summed E-state index contributed by atoms with van der Waals surface area (Å²) in [6.07, 6.45) is 1.18. The van der Waals surface area contributed by atoms with E-state index in [0.717, 1.165) is 0 Å². The highest BCUT2D eigenvalue weighted by Gasteiger charge is 2.37. The summed E-state index contributed by atoms with van der Waals surface area (Å²) in [5.41, 5.74) is 5.64. The molecule has 0 aliphatic rings. The minimum Gasteiger partial charge on any atom is -0.376 e. The van der Waals surface area contributed by atoms with Gasteiger partial charge in [-0.05, 0) is 31.4 Å². The lowest BCUT2D eigenvalue weighted by molar-refractivity contribution is -0.0401. The van der Waals surface area contributed by atoms with Crippen LogP contribution in [0.25, 0.3) is 0 Å². The van der Waals surface area contributed by atoms with Crippen LogP contribution >= 0.6 is 0 Å². The molecule has 0 aliphatic heterocycles. The third-order valence-electron chi connectivity index (χ3n) is 3.80. The summed E-state index contributed by atoms with van der Waals surface area (Å²) in [6.45, 7) is 5.40. The number of nitrogens with two attached hydrogens (primary N) is 1. The zero-order valence-electron chi connectivity index (χ0n) is 11.4. The SMILES string of the molecule is CCC(CC)(OC)C(N)c1c(F)ccc(C)c1F. The maximum Gasteiger partial charge on any atom is 0.133 e. The van der Waals surface area contributed by atoms with Gasteiger partial charge in [0.1, 0.15) is 11.6 Å². The molecule has 2 N–H and O–H groups in total. The van der Waals surface area contributed by atoms with E-state index in [1.165, 1.54) is 19.2 Å². The van der Waals surface area contributed by atoms with Crippen LogP contribution in [-0.2, 0) is 4.74 Å². The van der Waals surface area contributed by atoms with E-state index < -0.39 is 23.3 Å². The van der Waals surface area contributed by atoms with Crippen molar-refractivity contribution in [3.05, 3.63) is 34.9 Å². The number of methoxy groups -OCH3 is 1. The molecule has 1 rings (SSSR count). The molecule has 0 amide bonds. The second-order valence-corrected chi connectivity index (χ2v) is 4.55. The first kappa shape index (κ1) is 15.1. The Morgan fingerprint density at radius 2 is 1.83 bits per heavy atom. The predicted octanol–water partition coefficient (Wildman–Crippen LogP) is 3.48. The molecule has 0 radical (unpaired) electrons. The highest BCUT2D eigenvalue weighted by molar-refractivity contribution is 5.31. The van der Waals surface area contributed by atoms with Gasteiger partial charge < -0.3 is 10.5 Å². The monoisotopic (exact) mass is 257 g/mol. The van der Waals surface area contributed by atoms with E-state index in [0.29, 0.717) is 18.4 Å². The lowest BCUT2D eigenvalue weighted by Gasteiger charge is -2.36. The summed E-state index contributed by atoms with van der Waals surface area (Å²) < 4.78 is 33.4. The topological polar surface area (TPSA) is 35.2 Å². The third-order valence-corrected chi connectivity index (χ3v) is 3.80. The Hall–Kier alpha value is -1.00. The average Bonchev–Trinajstić information content (AvgIpc) is 2.37. The van der Waals surface area contributed by atoms with Crippen molar-refractivity contribution in [2.75, 3.05) is 7.11 Å². The van der Waals surface area contributed by atoms with Crippen LogP contribution in [0.2, 0.25) is 0 Å². The van der Waals surface area contributed by atoms with Gasteiger partial charge in [0.25, 0.3) is 0 Å². The van der Waals surface area contributed by atoms with Crippen molar-refractivity contribution in [2.24, 2.45) is 5.73 Å². The van der Waals surface area contributed by atoms with Crippen molar-refractivity contribution in [3.8, 4) is 0 Å². The Balaban J connectivity index is 3.33. The molecular formula is C14H21F2NO. The first-order valence-corrected chi connectivity index (χ1v) is 6.18. The average molecular weight is 257 g/mol. The number of benzene rings is 1. The van der Waals surface area contributed by atoms with Gasteiger partial charge in [-0.3, -0.25) is 0 Å². The highest BCUT2D eigenvalue weighted by atomic mass is 19.1. The second kappa shape index (κ2) is 5.76. The fourth-order valence-electron chi connectivity index (χ4n) is 2.33. The van der Waals surface area contributed by atoms with Gasteiger partial charge in [-0.25, -0.2) is 8.78 Å². The molecule has 4 heteroatoms. The van der Waals surface area contributed by atoms with Gasteiger partial charge in [0.15, 0.2) is 0 Å². The zero-order chi connectivity index (χ0) is 13.9. The van der Waals surface area contributed by atoms with E-state index in [2.05, 4.69) is 0 Å². The summed E-state index contributed by atoms with van der Waals surface area (Å²) in [5, 5.41) is 0. The first-order chi connectivity index (χ1) is 8.43. The smallest absolute Gasteiger partial charge is 0.133 e. The normalized spacial score (nSPS) is 13.7. The lowest BCUT2D eigenvalue weighted by Crippen LogP contribution is -2.43. The molecule has 2 nitrogen and oxygen atoms in total. The van der Waals surface area contributed by atoms with E-state index in [4.69, 9.17) is 10.5 Å². The molecule has 0 aromatic heterocycles. The molecule has 0 fully saturated rings. The van der Waals surface area contributed by atoms with Gasteiger partial charge in [0.05, 0.1) is 11.6 Å². The molecule has 0 spiro atoms. The van der Waals surface area contributed by atoms with Crippen molar-refractivity contribution in [3.63, 3.8) is 0 Å². The van der Waals surface area contributed by atoms with Crippen LogP contribution in [0.5, 0.6) is 0 Å². The van der Waals surface area contributed by atoms with E-state index >= 15 is 0 Å². The zero-order valence-corrected chi connectivity index (χ0v) is 11.4. The molecule has 0 bridgehead atoms. The maximum absolute atomic E-state index is 14.1. The number of ether oxygens (including phenoxy) is 1. The molecular weight excluding hydrogens is 236 g/mol. The van der Waals surface area contributed by atoms with Crippen LogP contribution in [0.4, 0.5) is 8.78 Å². The van der Waals surface area contributed by atoms with Crippen molar-refractivity contribution < 1.29 is 13.5 Å². The molecule has 1 aromatic carbocycles. The molecule has 0 aliphatic carbocycles. The summed E-state index contributed by atoms with van der Waals surface area (Å²) >= 11 is 0. The molecule has 102 valence electrons. The summed E-state index contributed by atoms with van der Waals surface area (Å²) in [7, 11) is 1.53. The Bertz CT molecular complexity index is 408. The highest BCUT2D eigenvalue weighted by Crippen LogP contribution is 2.36. The third kappa shape index (κ3) is 2.40. The largest absolute Gasteiger partial charge is 0.376 e. The van der Waals surface area contributed by atoms with Gasteiger partial charge >= 0.3 is 0 Å². The number of rotatable bonds is 5. The lowest BCUT2D eigenvalue weighted by atomic mass is 9.83. The van der Waals surface area contributed by atoms with Gasteiger partial charge in [-0.1, -0.05) is 19.9 Å². The summed E-state index contributed by atoms with van der Waals surface area (Å²) in [4.78, 5) is 0. The molecule has 0 heterocycles. The minimum atomic E-state index is -0.822. The number of halogens is 2. The van der Waals surface area contributed by atoms with Crippen LogP contribution in [0.1, 0.15) is 43.9 Å². The first-order valence-electron chi connectivity index (χ1n) is 6.18. The van der Waals surface area contributed by atoms with Gasteiger partial charge in [0, 0.05) is 12.7 Å². The molecule has 1 unspecified atom stereocenters. The number of hydrogen-bond donors (Lipinski definition) is 1. The molecule has 1 atom stereocenters. The fourth-order valence-corrected chi connectivity index (χ4v) is 2.33. The van der Waals surface area contributed by atoms with Crippen molar-refractivity contribution >= 4 is 0 Å². The van der Waals surface area contributed by atoms with Crippen LogP contribution in [-0.4, -0.2) is 12.7 Å². The van der Waals surface area contributed by atoms with E-state index in [1.54, 1.807) is 6.92 Å². The van der Waals surface area contributed by atoms with Gasteiger partial charge in [-0.2, -0.15) is 0 Å². The second-order valence-electron chi connectivity index (χ2n) is 4.55. The number of hydrogen-bond acceptors (Lipinski definition) is 2. The van der Waals surface area contributed by atoms with Crippen LogP contribution in [0.3, 0.4) is 0 Å². The quantitative estimate of drug-likeness (QED) is 0.876. The van der Waals surface area contributed by atoms with Crippen LogP contribution in [0.15, 0.2) is 12.1 Å². The Morgan fingerprint density at radius 3 is 2.28 bits per heavy atom. The standard InChI is InChI=1S/C14H21F2NO/c1-5-14(6-2,18-4)13(17)11-10(15)8-7-9(3)12(11)16/h7-8,13H,5-6,17H2,1-4H3. The van der Waals surface area contributed by atoms with Crippen molar-refractivity contribution in [1.29, 1.82) is 0 Å². The van der Waals surface area contributed by atoms with E-state index in [1.807, 2.05) is 13.8 Å². The predicted molar refractivity (Wildman–Crippen MR) is 68.3 cm³/mol. The maximum atomic E-state index is 14.1. The molecule has 0 saturated carbocycles. The number of aryl methyl sites for hydroxylation is 1. The van der Waals surface area contributed by atoms with Crippen LogP contribution in [0, 0.1) is 18.6 Å².